The summed E-state index contributed by atoms with van der Waals surface area (Å²) in [6.45, 7) is 0. The van der Waals surface area contributed by atoms with Crippen LogP contribution in [0.25, 0.3) is 5.78 Å². The van der Waals surface area contributed by atoms with Crippen LogP contribution >= 0.6 is 11.6 Å². The third-order valence-electron chi connectivity index (χ3n) is 7.62. The van der Waals surface area contributed by atoms with Crippen molar-refractivity contribution in [2.75, 3.05) is 14.2 Å². The van der Waals surface area contributed by atoms with Crippen molar-refractivity contribution in [3.63, 3.8) is 0 Å². The summed E-state index contributed by atoms with van der Waals surface area (Å²) in [5.41, 5.74) is 0.720. The molecule has 1 aliphatic carbocycles. The molecule has 0 radical (unpaired) electrons. The Labute approximate surface area is 214 Å². The number of ether oxygens (including phenoxy) is 3. The Bertz CT molecular complexity index is 1230. The Morgan fingerprint density at radius 1 is 1.17 bits per heavy atom. The molecule has 5 rings (SSSR count). The highest BCUT2D eigenvalue weighted by Crippen LogP contribution is 2.46. The summed E-state index contributed by atoms with van der Waals surface area (Å²) in [4.78, 5) is 35.4. The number of halogens is 1. The Balaban J connectivity index is 1.37. The lowest BCUT2D eigenvalue weighted by atomic mass is 9.73. The summed E-state index contributed by atoms with van der Waals surface area (Å²) >= 11 is 6.38. The molecule has 2 fully saturated rings. The van der Waals surface area contributed by atoms with Gasteiger partial charge in [0.1, 0.15) is 23.0 Å². The predicted molar refractivity (Wildman–Crippen MR) is 133 cm³/mol. The number of rotatable bonds is 8. The van der Waals surface area contributed by atoms with Crippen LogP contribution in [-0.2, 0) is 27.2 Å². The highest BCUT2D eigenvalue weighted by atomic mass is 35.5. The standard InChI is InChI=1S/C27H30ClN3O5/c1-34-23-14-24(35-2)21(28)12-17(23)8-9-27(18-6-3-4-7-18)15-22(32)20(25(33)36-27)13-19-16-31-11-5-10-29-26(31)30-19/h5,10-12,14,16,18,20H,3-4,6-9,13,15H2,1-2H3. The Hall–Kier alpha value is -3.13. The molecule has 36 heavy (non-hydrogen) atoms. The molecule has 8 nitrogen and oxygen atoms in total. The number of imidazole rings is 1. The van der Waals surface area contributed by atoms with E-state index in [1.165, 1.54) is 0 Å². The first kappa shape index (κ1) is 24.6. The fraction of sp³-hybridized carbons (Fsp3) is 0.481. The Morgan fingerprint density at radius 3 is 2.64 bits per heavy atom. The van der Waals surface area contributed by atoms with Crippen LogP contribution in [0.1, 0.15) is 49.8 Å². The summed E-state index contributed by atoms with van der Waals surface area (Å²) in [6, 6.07) is 5.39. The van der Waals surface area contributed by atoms with Gasteiger partial charge in [-0.25, -0.2) is 9.97 Å². The molecule has 0 amide bonds. The third-order valence-corrected chi connectivity index (χ3v) is 7.92. The molecule has 3 heterocycles. The quantitative estimate of drug-likeness (QED) is 0.321. The van der Waals surface area contributed by atoms with E-state index < -0.39 is 17.5 Å². The van der Waals surface area contributed by atoms with Crippen molar-refractivity contribution in [1.82, 2.24) is 14.4 Å². The van der Waals surface area contributed by atoms with Gasteiger partial charge in [0.05, 0.1) is 24.9 Å². The van der Waals surface area contributed by atoms with Crippen LogP contribution in [0.2, 0.25) is 5.02 Å². The minimum absolute atomic E-state index is 0.0807. The van der Waals surface area contributed by atoms with E-state index in [-0.39, 0.29) is 24.5 Å². The van der Waals surface area contributed by atoms with Crippen LogP contribution < -0.4 is 9.47 Å². The highest BCUT2D eigenvalue weighted by Gasteiger charge is 2.51. The zero-order chi connectivity index (χ0) is 25.3. The molecular weight excluding hydrogens is 482 g/mol. The van der Waals surface area contributed by atoms with Gasteiger partial charge in [-0.3, -0.25) is 14.0 Å². The highest BCUT2D eigenvalue weighted by molar-refractivity contribution is 6.32. The van der Waals surface area contributed by atoms with E-state index in [9.17, 15) is 9.59 Å². The van der Waals surface area contributed by atoms with E-state index in [0.29, 0.717) is 40.8 Å². The molecule has 2 atom stereocenters. The van der Waals surface area contributed by atoms with Crippen molar-refractivity contribution >= 4 is 29.1 Å². The number of hydrogen-bond acceptors (Lipinski definition) is 7. The number of ketones is 1. The third kappa shape index (κ3) is 4.66. The maximum Gasteiger partial charge on any atom is 0.317 e. The normalized spacial score (nSPS) is 22.7. The molecule has 1 aliphatic heterocycles. The minimum atomic E-state index is -0.852. The second kappa shape index (κ2) is 10.1. The lowest BCUT2D eigenvalue weighted by Crippen LogP contribution is -2.52. The van der Waals surface area contributed by atoms with Crippen molar-refractivity contribution in [3.05, 3.63) is 53.1 Å². The second-order valence-corrected chi connectivity index (χ2v) is 10.1. The zero-order valence-corrected chi connectivity index (χ0v) is 21.3. The van der Waals surface area contributed by atoms with E-state index in [4.69, 9.17) is 25.8 Å². The maximum absolute atomic E-state index is 13.5. The number of cyclic esters (lactones) is 1. The summed E-state index contributed by atoms with van der Waals surface area (Å²) in [7, 11) is 3.16. The van der Waals surface area contributed by atoms with E-state index >= 15 is 0 Å². The Morgan fingerprint density at radius 2 is 1.94 bits per heavy atom. The van der Waals surface area contributed by atoms with Crippen molar-refractivity contribution in [3.8, 4) is 11.5 Å². The second-order valence-electron chi connectivity index (χ2n) is 9.72. The lowest BCUT2D eigenvalue weighted by molar-refractivity contribution is -0.185. The molecule has 190 valence electrons. The maximum atomic E-state index is 13.5. The van der Waals surface area contributed by atoms with Crippen molar-refractivity contribution in [2.24, 2.45) is 11.8 Å². The van der Waals surface area contributed by atoms with Gasteiger partial charge < -0.3 is 14.2 Å². The average molecular weight is 512 g/mol. The van der Waals surface area contributed by atoms with E-state index in [0.717, 1.165) is 31.2 Å². The van der Waals surface area contributed by atoms with E-state index in [1.807, 2.05) is 12.3 Å². The van der Waals surface area contributed by atoms with Crippen LogP contribution in [0.5, 0.6) is 11.5 Å². The predicted octanol–water partition coefficient (Wildman–Crippen LogP) is 4.64. The fourth-order valence-corrected chi connectivity index (χ4v) is 5.99. The summed E-state index contributed by atoms with van der Waals surface area (Å²) in [5, 5.41) is 0.488. The number of hydrogen-bond donors (Lipinski definition) is 0. The largest absolute Gasteiger partial charge is 0.496 e. The molecule has 1 saturated carbocycles. The van der Waals surface area contributed by atoms with Crippen LogP contribution in [-0.4, -0.2) is 45.9 Å². The van der Waals surface area contributed by atoms with Crippen molar-refractivity contribution < 1.29 is 23.8 Å². The molecule has 0 N–H and O–H groups in total. The monoisotopic (exact) mass is 511 g/mol. The van der Waals surface area contributed by atoms with Crippen molar-refractivity contribution in [1.29, 1.82) is 0 Å². The van der Waals surface area contributed by atoms with E-state index in [2.05, 4.69) is 9.97 Å². The molecule has 2 aromatic heterocycles. The molecule has 9 heteroatoms. The van der Waals surface area contributed by atoms with Gasteiger partial charge in [-0.15, -0.1) is 0 Å². The summed E-state index contributed by atoms with van der Waals surface area (Å²) < 4.78 is 18.9. The SMILES string of the molecule is COc1cc(OC)c(CCC2(C3CCCC3)CC(=O)C(Cc3cn4cccnc4n3)C(=O)O2)cc1Cl. The smallest absolute Gasteiger partial charge is 0.317 e. The van der Waals surface area contributed by atoms with Crippen LogP contribution in [0.3, 0.4) is 0 Å². The van der Waals surface area contributed by atoms with Gasteiger partial charge in [-0.1, -0.05) is 24.4 Å². The first-order valence-electron chi connectivity index (χ1n) is 12.4. The summed E-state index contributed by atoms with van der Waals surface area (Å²) in [6.07, 6.45) is 10.9. The molecule has 1 saturated heterocycles. The number of benzene rings is 1. The first-order chi connectivity index (χ1) is 17.4. The van der Waals surface area contributed by atoms with Crippen LogP contribution in [0.15, 0.2) is 36.8 Å². The molecule has 3 aromatic rings. The van der Waals surface area contributed by atoms with Gasteiger partial charge in [0, 0.05) is 37.5 Å². The first-order valence-corrected chi connectivity index (χ1v) is 12.7. The number of methoxy groups -OCH3 is 2. The van der Waals surface area contributed by atoms with Gasteiger partial charge in [-0.05, 0) is 49.3 Å². The molecule has 1 aromatic carbocycles. The number of nitrogens with zero attached hydrogens (tertiary/aromatic N) is 3. The average Bonchev–Trinajstić information content (AvgIpc) is 3.55. The molecule has 0 spiro atoms. The van der Waals surface area contributed by atoms with Gasteiger partial charge in [0.15, 0.2) is 5.78 Å². The number of aromatic nitrogens is 3. The van der Waals surface area contributed by atoms with Gasteiger partial charge >= 0.3 is 5.97 Å². The zero-order valence-electron chi connectivity index (χ0n) is 20.5. The summed E-state index contributed by atoms with van der Waals surface area (Å²) in [5.74, 6) is 0.499. The van der Waals surface area contributed by atoms with Crippen LogP contribution in [0.4, 0.5) is 0 Å². The van der Waals surface area contributed by atoms with Crippen molar-refractivity contribution in [2.45, 2.75) is 57.0 Å². The van der Waals surface area contributed by atoms with Gasteiger partial charge in [0.25, 0.3) is 0 Å². The molecular formula is C27H30ClN3O5. The van der Waals surface area contributed by atoms with Gasteiger partial charge in [0.2, 0.25) is 5.78 Å². The number of aryl methyl sites for hydroxylation is 1. The topological polar surface area (TPSA) is 92.0 Å². The van der Waals surface area contributed by atoms with Gasteiger partial charge in [-0.2, -0.15) is 0 Å². The fourth-order valence-electron chi connectivity index (χ4n) is 5.73. The molecule has 2 aliphatic rings. The Kier molecular flexibility index (Phi) is 6.88. The number of fused-ring (bicyclic) bond motifs is 1. The minimum Gasteiger partial charge on any atom is -0.496 e. The number of carbonyl (C=O) groups excluding carboxylic acids is 2. The number of carbonyl (C=O) groups is 2. The van der Waals surface area contributed by atoms with E-state index in [1.54, 1.807) is 43.1 Å². The molecule has 2 unspecified atom stereocenters. The lowest BCUT2D eigenvalue weighted by Gasteiger charge is -2.43. The number of esters is 1. The number of Topliss-reactive ketones (excluding diaryl/α,β-unsaturated/α-hetero) is 1. The van der Waals surface area contributed by atoms with Crippen LogP contribution in [0, 0.1) is 11.8 Å². The molecule has 0 bridgehead atoms.